The molecule has 98 valence electrons. The second kappa shape index (κ2) is 5.29. The number of amides is 1. The first-order chi connectivity index (χ1) is 8.65. The van der Waals surface area contributed by atoms with Crippen LogP contribution in [0.4, 0.5) is 5.69 Å². The van der Waals surface area contributed by atoms with E-state index in [1.165, 1.54) is 0 Å². The molecule has 1 heterocycles. The lowest BCUT2D eigenvalue weighted by Gasteiger charge is -2.17. The molecule has 1 aliphatic heterocycles. The average Bonchev–Trinajstić information content (AvgIpc) is 2.86. The number of rotatable bonds is 3. The summed E-state index contributed by atoms with van der Waals surface area (Å²) in [7, 11) is 1.59. The van der Waals surface area contributed by atoms with Gasteiger partial charge in [0, 0.05) is 24.8 Å². The Hall–Kier alpha value is -1.71. The summed E-state index contributed by atoms with van der Waals surface area (Å²) in [5.41, 5.74) is 6.97. The van der Waals surface area contributed by atoms with Gasteiger partial charge in [-0.25, -0.2) is 0 Å². The summed E-state index contributed by atoms with van der Waals surface area (Å²) in [6, 6.07) is 5.22. The Morgan fingerprint density at radius 1 is 1.56 bits per heavy atom. The number of methoxy groups -OCH3 is 1. The largest absolute Gasteiger partial charge is 0.497 e. The van der Waals surface area contributed by atoms with Gasteiger partial charge in [0.15, 0.2) is 0 Å². The Morgan fingerprint density at radius 2 is 2.33 bits per heavy atom. The van der Waals surface area contributed by atoms with Crippen LogP contribution in [0.1, 0.15) is 30.1 Å². The molecule has 1 amide bonds. The number of nitrogens with two attached hydrogens (primary N) is 1. The Balaban J connectivity index is 2.14. The van der Waals surface area contributed by atoms with E-state index in [0.717, 1.165) is 25.9 Å². The molecule has 4 heteroatoms. The molecule has 1 fully saturated rings. The standard InChI is InChI=1S/C14H20N2O2/c1-3-10-6-7-16(9-10)14(17)12-5-4-11(18-2)8-13(12)15/h4-5,8,10H,3,6-7,9,15H2,1-2H3. The number of hydrogen-bond donors (Lipinski definition) is 1. The van der Waals surface area contributed by atoms with Crippen molar-refractivity contribution >= 4 is 11.6 Å². The van der Waals surface area contributed by atoms with Crippen LogP contribution in [-0.4, -0.2) is 31.0 Å². The van der Waals surface area contributed by atoms with Gasteiger partial charge in [0.2, 0.25) is 0 Å². The summed E-state index contributed by atoms with van der Waals surface area (Å²) in [6.45, 7) is 3.85. The highest BCUT2D eigenvalue weighted by Crippen LogP contribution is 2.25. The summed E-state index contributed by atoms with van der Waals surface area (Å²) in [5.74, 6) is 1.34. The SMILES string of the molecule is CCC1CCN(C(=O)c2ccc(OC)cc2N)C1. The summed E-state index contributed by atoms with van der Waals surface area (Å²) < 4.78 is 5.08. The molecule has 1 atom stereocenters. The zero-order valence-corrected chi connectivity index (χ0v) is 11.0. The Morgan fingerprint density at radius 3 is 2.89 bits per heavy atom. The van der Waals surface area contributed by atoms with Crippen LogP contribution in [0.3, 0.4) is 0 Å². The summed E-state index contributed by atoms with van der Waals surface area (Å²) in [5, 5.41) is 0. The topological polar surface area (TPSA) is 55.6 Å². The van der Waals surface area contributed by atoms with Crippen molar-refractivity contribution in [1.82, 2.24) is 4.90 Å². The van der Waals surface area contributed by atoms with E-state index in [-0.39, 0.29) is 5.91 Å². The summed E-state index contributed by atoms with van der Waals surface area (Å²) in [6.07, 6.45) is 2.22. The van der Waals surface area contributed by atoms with Crippen molar-refractivity contribution in [2.45, 2.75) is 19.8 Å². The number of likely N-dealkylation sites (tertiary alicyclic amines) is 1. The molecule has 1 aliphatic rings. The fraction of sp³-hybridized carbons (Fsp3) is 0.500. The Labute approximate surface area is 108 Å². The van der Waals surface area contributed by atoms with Gasteiger partial charge in [0.05, 0.1) is 12.7 Å². The van der Waals surface area contributed by atoms with Crippen LogP contribution in [-0.2, 0) is 0 Å². The molecule has 1 unspecified atom stereocenters. The highest BCUT2D eigenvalue weighted by Gasteiger charge is 2.26. The predicted octanol–water partition coefficient (Wildman–Crippen LogP) is 2.15. The lowest BCUT2D eigenvalue weighted by Crippen LogP contribution is -2.29. The third kappa shape index (κ3) is 2.42. The van der Waals surface area contributed by atoms with E-state index in [2.05, 4.69) is 6.92 Å². The maximum atomic E-state index is 12.3. The molecular formula is C14H20N2O2. The molecule has 0 bridgehead atoms. The lowest BCUT2D eigenvalue weighted by atomic mass is 10.1. The lowest BCUT2D eigenvalue weighted by molar-refractivity contribution is 0.0788. The molecule has 0 spiro atoms. The maximum absolute atomic E-state index is 12.3. The predicted molar refractivity (Wildman–Crippen MR) is 71.7 cm³/mol. The van der Waals surface area contributed by atoms with Crippen molar-refractivity contribution in [3.05, 3.63) is 23.8 Å². The zero-order chi connectivity index (χ0) is 13.1. The minimum atomic E-state index is 0.0334. The van der Waals surface area contributed by atoms with Gasteiger partial charge in [-0.1, -0.05) is 13.3 Å². The second-order valence-electron chi connectivity index (χ2n) is 4.77. The molecule has 1 aromatic carbocycles. The molecule has 0 saturated carbocycles. The number of carbonyl (C=O) groups is 1. The van der Waals surface area contributed by atoms with Crippen molar-refractivity contribution in [2.75, 3.05) is 25.9 Å². The first-order valence-electron chi connectivity index (χ1n) is 6.38. The summed E-state index contributed by atoms with van der Waals surface area (Å²) in [4.78, 5) is 14.2. The number of nitrogens with zero attached hydrogens (tertiary/aromatic N) is 1. The molecule has 1 aromatic rings. The Kier molecular flexibility index (Phi) is 3.75. The van der Waals surface area contributed by atoms with E-state index in [1.807, 2.05) is 4.90 Å². The van der Waals surface area contributed by atoms with E-state index in [1.54, 1.807) is 25.3 Å². The third-order valence-electron chi connectivity index (χ3n) is 3.64. The van der Waals surface area contributed by atoms with Gasteiger partial charge in [0.25, 0.3) is 5.91 Å². The van der Waals surface area contributed by atoms with Gasteiger partial charge in [-0.15, -0.1) is 0 Å². The van der Waals surface area contributed by atoms with E-state index in [4.69, 9.17) is 10.5 Å². The van der Waals surface area contributed by atoms with Crippen LogP contribution in [0.15, 0.2) is 18.2 Å². The molecule has 2 rings (SSSR count). The van der Waals surface area contributed by atoms with Crippen LogP contribution < -0.4 is 10.5 Å². The molecule has 2 N–H and O–H groups in total. The molecule has 1 saturated heterocycles. The first-order valence-corrected chi connectivity index (χ1v) is 6.38. The van der Waals surface area contributed by atoms with Crippen molar-refractivity contribution in [2.24, 2.45) is 5.92 Å². The number of anilines is 1. The third-order valence-corrected chi connectivity index (χ3v) is 3.64. The van der Waals surface area contributed by atoms with Crippen LogP contribution in [0, 0.1) is 5.92 Å². The van der Waals surface area contributed by atoms with Gasteiger partial charge in [-0.3, -0.25) is 4.79 Å². The highest BCUT2D eigenvalue weighted by molar-refractivity contribution is 5.99. The second-order valence-corrected chi connectivity index (χ2v) is 4.77. The van der Waals surface area contributed by atoms with Crippen molar-refractivity contribution < 1.29 is 9.53 Å². The molecule has 18 heavy (non-hydrogen) atoms. The highest BCUT2D eigenvalue weighted by atomic mass is 16.5. The van der Waals surface area contributed by atoms with Crippen molar-refractivity contribution in [1.29, 1.82) is 0 Å². The monoisotopic (exact) mass is 248 g/mol. The summed E-state index contributed by atoms with van der Waals surface area (Å²) >= 11 is 0. The average molecular weight is 248 g/mol. The van der Waals surface area contributed by atoms with Crippen molar-refractivity contribution in [3.8, 4) is 5.75 Å². The Bertz CT molecular complexity index is 445. The molecule has 0 radical (unpaired) electrons. The van der Waals surface area contributed by atoms with Gasteiger partial charge in [0.1, 0.15) is 5.75 Å². The van der Waals surface area contributed by atoms with Crippen LogP contribution >= 0.6 is 0 Å². The van der Waals surface area contributed by atoms with Gasteiger partial charge in [-0.05, 0) is 24.5 Å². The minimum Gasteiger partial charge on any atom is -0.497 e. The normalized spacial score (nSPS) is 19.0. The smallest absolute Gasteiger partial charge is 0.255 e. The van der Waals surface area contributed by atoms with Gasteiger partial charge in [-0.2, -0.15) is 0 Å². The fourth-order valence-electron chi connectivity index (χ4n) is 2.38. The van der Waals surface area contributed by atoms with E-state index in [0.29, 0.717) is 22.9 Å². The number of carbonyl (C=O) groups excluding carboxylic acids is 1. The number of ether oxygens (including phenoxy) is 1. The molecule has 0 aromatic heterocycles. The van der Waals surface area contributed by atoms with Crippen molar-refractivity contribution in [3.63, 3.8) is 0 Å². The maximum Gasteiger partial charge on any atom is 0.255 e. The molecular weight excluding hydrogens is 228 g/mol. The number of hydrogen-bond acceptors (Lipinski definition) is 3. The van der Waals surface area contributed by atoms with E-state index < -0.39 is 0 Å². The first kappa shape index (κ1) is 12.7. The number of nitrogen functional groups attached to an aromatic ring is 1. The van der Waals surface area contributed by atoms with Gasteiger partial charge >= 0.3 is 0 Å². The van der Waals surface area contributed by atoms with Gasteiger partial charge < -0.3 is 15.4 Å². The van der Waals surface area contributed by atoms with Crippen LogP contribution in [0.25, 0.3) is 0 Å². The van der Waals surface area contributed by atoms with E-state index >= 15 is 0 Å². The minimum absolute atomic E-state index is 0.0334. The molecule has 4 nitrogen and oxygen atoms in total. The molecule has 0 aliphatic carbocycles. The fourth-order valence-corrected chi connectivity index (χ4v) is 2.38. The van der Waals surface area contributed by atoms with Crippen LogP contribution in [0.5, 0.6) is 5.75 Å². The zero-order valence-electron chi connectivity index (χ0n) is 11.0. The quantitative estimate of drug-likeness (QED) is 0.834. The van der Waals surface area contributed by atoms with Crippen LogP contribution in [0.2, 0.25) is 0 Å². The number of benzene rings is 1. The van der Waals surface area contributed by atoms with E-state index in [9.17, 15) is 4.79 Å².